The van der Waals surface area contributed by atoms with Gasteiger partial charge >= 0.3 is 0 Å². The van der Waals surface area contributed by atoms with Crippen LogP contribution >= 0.6 is 11.8 Å². The van der Waals surface area contributed by atoms with Crippen molar-refractivity contribution >= 4 is 29.3 Å². The minimum atomic E-state index is -0.342. The fourth-order valence-electron chi connectivity index (χ4n) is 2.72. The molecule has 136 valence electrons. The van der Waals surface area contributed by atoms with E-state index >= 15 is 0 Å². The van der Waals surface area contributed by atoms with Crippen LogP contribution < -0.4 is 10.2 Å². The van der Waals surface area contributed by atoms with Crippen LogP contribution in [0, 0.1) is 5.82 Å². The molecule has 1 atom stereocenters. The van der Waals surface area contributed by atoms with Crippen LogP contribution in [0.1, 0.15) is 36.2 Å². The highest BCUT2D eigenvalue weighted by molar-refractivity contribution is 8.00. The van der Waals surface area contributed by atoms with Crippen LogP contribution in [0.4, 0.5) is 10.1 Å². The molecule has 26 heavy (non-hydrogen) atoms. The number of nitrogens with zero attached hydrogens (tertiary/aromatic N) is 1. The van der Waals surface area contributed by atoms with Gasteiger partial charge in [-0.15, -0.1) is 11.8 Å². The lowest BCUT2D eigenvalue weighted by Gasteiger charge is -2.29. The number of amides is 2. The van der Waals surface area contributed by atoms with Gasteiger partial charge in [-0.2, -0.15) is 0 Å². The molecule has 0 spiro atoms. The molecule has 0 saturated carbocycles. The molecule has 0 aliphatic carbocycles. The third-order valence-corrected chi connectivity index (χ3v) is 5.49. The van der Waals surface area contributed by atoms with Gasteiger partial charge in [0.2, 0.25) is 5.91 Å². The zero-order valence-corrected chi connectivity index (χ0v) is 15.6. The van der Waals surface area contributed by atoms with Gasteiger partial charge < -0.3 is 10.2 Å². The normalized spacial score (nSPS) is 14.7. The van der Waals surface area contributed by atoms with Gasteiger partial charge in [0.25, 0.3) is 5.91 Å². The van der Waals surface area contributed by atoms with Crippen molar-refractivity contribution in [3.8, 4) is 0 Å². The van der Waals surface area contributed by atoms with Crippen LogP contribution in [-0.4, -0.2) is 23.6 Å². The first-order valence-corrected chi connectivity index (χ1v) is 9.59. The Morgan fingerprint density at radius 3 is 2.81 bits per heavy atom. The van der Waals surface area contributed by atoms with Gasteiger partial charge in [-0.3, -0.25) is 9.59 Å². The first-order valence-electron chi connectivity index (χ1n) is 8.61. The SMILES string of the molecule is CCC(C)NC(=O)c1ccc2c(c1)N(Cc1ccccc1F)C(=O)CS2. The highest BCUT2D eigenvalue weighted by atomic mass is 32.2. The van der Waals surface area contributed by atoms with E-state index in [9.17, 15) is 14.0 Å². The fraction of sp³-hybridized carbons (Fsp3) is 0.300. The molecule has 0 bridgehead atoms. The van der Waals surface area contributed by atoms with Gasteiger partial charge in [-0.25, -0.2) is 4.39 Å². The summed E-state index contributed by atoms with van der Waals surface area (Å²) >= 11 is 1.44. The van der Waals surface area contributed by atoms with Gasteiger partial charge in [0.05, 0.1) is 18.0 Å². The Balaban J connectivity index is 1.92. The summed E-state index contributed by atoms with van der Waals surface area (Å²) in [4.78, 5) is 27.4. The topological polar surface area (TPSA) is 49.4 Å². The lowest BCUT2D eigenvalue weighted by molar-refractivity contribution is -0.116. The minimum Gasteiger partial charge on any atom is -0.350 e. The summed E-state index contributed by atoms with van der Waals surface area (Å²) in [6, 6.07) is 11.8. The fourth-order valence-corrected chi connectivity index (χ4v) is 3.64. The number of hydrogen-bond acceptors (Lipinski definition) is 3. The Morgan fingerprint density at radius 1 is 1.31 bits per heavy atom. The van der Waals surface area contributed by atoms with Gasteiger partial charge in [0.1, 0.15) is 5.82 Å². The molecule has 1 unspecified atom stereocenters. The van der Waals surface area contributed by atoms with Crippen LogP contribution in [0.15, 0.2) is 47.4 Å². The number of nitrogens with one attached hydrogen (secondary N) is 1. The zero-order chi connectivity index (χ0) is 18.7. The van der Waals surface area contributed by atoms with Crippen molar-refractivity contribution in [3.63, 3.8) is 0 Å². The molecule has 1 heterocycles. The quantitative estimate of drug-likeness (QED) is 0.863. The molecule has 0 fully saturated rings. The predicted molar refractivity (Wildman–Crippen MR) is 102 cm³/mol. The van der Waals surface area contributed by atoms with E-state index in [2.05, 4.69) is 5.32 Å². The molecule has 1 N–H and O–H groups in total. The average Bonchev–Trinajstić information content (AvgIpc) is 2.65. The van der Waals surface area contributed by atoms with Crippen molar-refractivity contribution in [3.05, 3.63) is 59.4 Å². The largest absolute Gasteiger partial charge is 0.350 e. The summed E-state index contributed by atoms with van der Waals surface area (Å²) in [5.74, 6) is -0.299. The molecule has 2 amide bonds. The molecule has 0 aromatic heterocycles. The highest BCUT2D eigenvalue weighted by Gasteiger charge is 2.26. The summed E-state index contributed by atoms with van der Waals surface area (Å²) in [5.41, 5.74) is 1.61. The predicted octanol–water partition coefficient (Wildman–Crippen LogP) is 3.99. The second kappa shape index (κ2) is 7.91. The Labute approximate surface area is 156 Å². The molecule has 3 rings (SSSR count). The van der Waals surface area contributed by atoms with E-state index in [1.54, 1.807) is 35.2 Å². The molecule has 0 radical (unpaired) electrons. The van der Waals surface area contributed by atoms with E-state index in [0.29, 0.717) is 22.6 Å². The van der Waals surface area contributed by atoms with Crippen LogP contribution in [-0.2, 0) is 11.3 Å². The van der Waals surface area contributed by atoms with Crippen LogP contribution in [0.2, 0.25) is 0 Å². The van der Waals surface area contributed by atoms with E-state index in [1.165, 1.54) is 17.8 Å². The molecule has 2 aromatic carbocycles. The summed E-state index contributed by atoms with van der Waals surface area (Å²) in [7, 11) is 0. The van der Waals surface area contributed by atoms with E-state index in [0.717, 1.165) is 11.3 Å². The third kappa shape index (κ3) is 3.90. The lowest BCUT2D eigenvalue weighted by atomic mass is 10.1. The Hall–Kier alpha value is -2.34. The molecular weight excluding hydrogens is 351 g/mol. The number of anilines is 1. The van der Waals surface area contributed by atoms with E-state index in [-0.39, 0.29) is 30.2 Å². The highest BCUT2D eigenvalue weighted by Crippen LogP contribution is 2.37. The minimum absolute atomic E-state index is 0.0732. The third-order valence-electron chi connectivity index (χ3n) is 4.44. The number of fused-ring (bicyclic) bond motifs is 1. The Bertz CT molecular complexity index is 840. The second-order valence-corrected chi connectivity index (χ2v) is 7.34. The number of benzene rings is 2. The Morgan fingerprint density at radius 2 is 2.08 bits per heavy atom. The monoisotopic (exact) mass is 372 g/mol. The molecule has 0 saturated heterocycles. The smallest absolute Gasteiger partial charge is 0.251 e. The van der Waals surface area contributed by atoms with Gasteiger partial charge in [-0.05, 0) is 37.6 Å². The molecule has 1 aliphatic heterocycles. The lowest BCUT2D eigenvalue weighted by Crippen LogP contribution is -2.36. The van der Waals surface area contributed by atoms with Crippen LogP contribution in [0.5, 0.6) is 0 Å². The molecule has 2 aromatic rings. The summed E-state index contributed by atoms with van der Waals surface area (Å²) in [5, 5.41) is 2.93. The number of rotatable bonds is 5. The Kier molecular flexibility index (Phi) is 5.61. The molecule has 6 heteroatoms. The van der Waals surface area contributed by atoms with E-state index < -0.39 is 0 Å². The number of halogens is 1. The number of carbonyl (C=O) groups is 2. The first-order chi connectivity index (χ1) is 12.5. The average molecular weight is 372 g/mol. The summed E-state index contributed by atoms with van der Waals surface area (Å²) in [6.45, 7) is 4.10. The molecule has 1 aliphatic rings. The van der Waals surface area contributed by atoms with Crippen molar-refractivity contribution in [1.29, 1.82) is 0 Å². The van der Waals surface area contributed by atoms with Crippen molar-refractivity contribution in [2.24, 2.45) is 0 Å². The van der Waals surface area contributed by atoms with E-state index in [4.69, 9.17) is 0 Å². The van der Waals surface area contributed by atoms with Crippen LogP contribution in [0.25, 0.3) is 0 Å². The zero-order valence-electron chi connectivity index (χ0n) is 14.8. The van der Waals surface area contributed by atoms with Gasteiger partial charge in [0.15, 0.2) is 0 Å². The number of thioether (sulfide) groups is 1. The van der Waals surface area contributed by atoms with Gasteiger partial charge in [0, 0.05) is 22.1 Å². The maximum atomic E-state index is 14.0. The second-order valence-electron chi connectivity index (χ2n) is 6.33. The van der Waals surface area contributed by atoms with E-state index in [1.807, 2.05) is 19.9 Å². The number of carbonyl (C=O) groups excluding carboxylic acids is 2. The molecule has 4 nitrogen and oxygen atoms in total. The van der Waals surface area contributed by atoms with Crippen molar-refractivity contribution in [2.75, 3.05) is 10.7 Å². The maximum absolute atomic E-state index is 14.0. The summed E-state index contributed by atoms with van der Waals surface area (Å²) in [6.07, 6.45) is 0.838. The molecular formula is C20H21FN2O2S. The van der Waals surface area contributed by atoms with Crippen LogP contribution in [0.3, 0.4) is 0 Å². The van der Waals surface area contributed by atoms with Crippen molar-refractivity contribution < 1.29 is 14.0 Å². The standard InChI is InChI=1S/C20H21FN2O2S/c1-3-13(2)22-20(25)14-8-9-18-17(10-14)23(19(24)12-26-18)11-15-6-4-5-7-16(15)21/h4-10,13H,3,11-12H2,1-2H3,(H,22,25). The van der Waals surface area contributed by atoms with Crippen molar-refractivity contribution in [1.82, 2.24) is 5.32 Å². The number of hydrogen-bond donors (Lipinski definition) is 1. The van der Waals surface area contributed by atoms with Gasteiger partial charge in [-0.1, -0.05) is 25.1 Å². The summed E-state index contributed by atoms with van der Waals surface area (Å²) < 4.78 is 14.0. The maximum Gasteiger partial charge on any atom is 0.251 e. The van der Waals surface area contributed by atoms with Crippen molar-refractivity contribution in [2.45, 2.75) is 37.8 Å². The first kappa shape index (κ1) is 18.5.